The molecule has 0 saturated heterocycles. The molecule has 0 aliphatic heterocycles. The van der Waals surface area contributed by atoms with E-state index in [4.69, 9.17) is 9.84 Å². The van der Waals surface area contributed by atoms with E-state index in [-0.39, 0.29) is 0 Å². The number of nitrogens with zero attached hydrogens (tertiary/aromatic N) is 1. The third kappa shape index (κ3) is 5.78. The van der Waals surface area contributed by atoms with Crippen LogP contribution in [0.2, 0.25) is 0 Å². The summed E-state index contributed by atoms with van der Waals surface area (Å²) in [5, 5.41) is 8.70. The van der Waals surface area contributed by atoms with Crippen LogP contribution in [0.1, 0.15) is 32.1 Å². The SMILES string of the molecule is OCCCCCCCOc1ccc(-c2ccc(Br)cn2)cc1. The molecule has 22 heavy (non-hydrogen) atoms. The fourth-order valence-electron chi connectivity index (χ4n) is 2.20. The summed E-state index contributed by atoms with van der Waals surface area (Å²) in [6.45, 7) is 1.05. The van der Waals surface area contributed by atoms with Gasteiger partial charge in [0.2, 0.25) is 0 Å². The quantitative estimate of drug-likeness (QED) is 0.648. The summed E-state index contributed by atoms with van der Waals surface area (Å²) < 4.78 is 6.73. The van der Waals surface area contributed by atoms with E-state index in [9.17, 15) is 0 Å². The Kier molecular flexibility index (Phi) is 7.40. The van der Waals surface area contributed by atoms with Crippen molar-refractivity contribution in [3.05, 3.63) is 47.1 Å². The van der Waals surface area contributed by atoms with Gasteiger partial charge in [-0.1, -0.05) is 19.3 Å². The van der Waals surface area contributed by atoms with Gasteiger partial charge >= 0.3 is 0 Å². The molecule has 0 amide bonds. The van der Waals surface area contributed by atoms with Crippen molar-refractivity contribution in [2.75, 3.05) is 13.2 Å². The first-order valence-corrected chi connectivity index (χ1v) is 8.54. The number of rotatable bonds is 9. The summed E-state index contributed by atoms with van der Waals surface area (Å²) in [6, 6.07) is 12.0. The van der Waals surface area contributed by atoms with Crippen LogP contribution in [0.25, 0.3) is 11.3 Å². The van der Waals surface area contributed by atoms with Crippen LogP contribution in [0, 0.1) is 0 Å². The van der Waals surface area contributed by atoms with E-state index >= 15 is 0 Å². The zero-order chi connectivity index (χ0) is 15.6. The molecule has 2 aromatic rings. The van der Waals surface area contributed by atoms with Crippen molar-refractivity contribution in [2.45, 2.75) is 32.1 Å². The van der Waals surface area contributed by atoms with Gasteiger partial charge in [-0.15, -0.1) is 0 Å². The van der Waals surface area contributed by atoms with Crippen LogP contribution < -0.4 is 4.74 Å². The third-order valence-corrected chi connectivity index (χ3v) is 3.92. The van der Waals surface area contributed by atoms with Gasteiger partial charge in [0, 0.05) is 22.8 Å². The van der Waals surface area contributed by atoms with Crippen molar-refractivity contribution in [3.8, 4) is 17.0 Å². The minimum absolute atomic E-state index is 0.302. The predicted molar refractivity (Wildman–Crippen MR) is 93.0 cm³/mol. The summed E-state index contributed by atoms with van der Waals surface area (Å²) in [4.78, 5) is 4.38. The van der Waals surface area contributed by atoms with Gasteiger partial charge in [-0.05, 0) is 65.2 Å². The van der Waals surface area contributed by atoms with Gasteiger partial charge in [-0.25, -0.2) is 0 Å². The zero-order valence-corrected chi connectivity index (χ0v) is 14.3. The molecule has 0 spiro atoms. The van der Waals surface area contributed by atoms with Crippen LogP contribution in [0.3, 0.4) is 0 Å². The van der Waals surface area contributed by atoms with Crippen LogP contribution in [0.5, 0.6) is 5.75 Å². The Morgan fingerprint density at radius 2 is 1.64 bits per heavy atom. The van der Waals surface area contributed by atoms with Crippen molar-refractivity contribution < 1.29 is 9.84 Å². The first kappa shape index (κ1) is 17.0. The second kappa shape index (κ2) is 9.59. The number of ether oxygens (including phenoxy) is 1. The highest BCUT2D eigenvalue weighted by Gasteiger charge is 2.00. The lowest BCUT2D eigenvalue weighted by Gasteiger charge is -2.07. The van der Waals surface area contributed by atoms with Crippen molar-refractivity contribution >= 4 is 15.9 Å². The second-order valence-electron chi connectivity index (χ2n) is 5.23. The van der Waals surface area contributed by atoms with Gasteiger partial charge < -0.3 is 9.84 Å². The molecule has 1 aromatic carbocycles. The molecule has 1 heterocycles. The minimum Gasteiger partial charge on any atom is -0.494 e. The molecule has 1 N–H and O–H groups in total. The van der Waals surface area contributed by atoms with Crippen molar-refractivity contribution in [3.63, 3.8) is 0 Å². The molecule has 0 aliphatic rings. The maximum absolute atomic E-state index is 8.70. The number of benzene rings is 1. The summed E-state index contributed by atoms with van der Waals surface area (Å²) in [5.41, 5.74) is 2.04. The van der Waals surface area contributed by atoms with Gasteiger partial charge in [0.1, 0.15) is 5.75 Å². The number of unbranched alkanes of at least 4 members (excludes halogenated alkanes) is 4. The molecule has 0 radical (unpaired) electrons. The molecule has 118 valence electrons. The highest BCUT2D eigenvalue weighted by Crippen LogP contribution is 2.22. The molecular weight excluding hydrogens is 342 g/mol. The number of aliphatic hydroxyl groups excluding tert-OH is 1. The summed E-state index contributed by atoms with van der Waals surface area (Å²) in [5.74, 6) is 0.899. The number of pyridine rings is 1. The number of aliphatic hydroxyl groups is 1. The zero-order valence-electron chi connectivity index (χ0n) is 12.7. The molecule has 0 saturated carbocycles. The highest BCUT2D eigenvalue weighted by molar-refractivity contribution is 9.10. The molecule has 0 atom stereocenters. The van der Waals surface area contributed by atoms with E-state index < -0.39 is 0 Å². The Hall–Kier alpha value is -1.39. The van der Waals surface area contributed by atoms with E-state index in [1.165, 1.54) is 0 Å². The predicted octanol–water partition coefficient (Wildman–Crippen LogP) is 4.83. The Bertz CT molecular complexity index is 540. The number of hydrogen-bond donors (Lipinski definition) is 1. The Labute approximate surface area is 140 Å². The van der Waals surface area contributed by atoms with E-state index in [1.807, 2.05) is 36.4 Å². The Morgan fingerprint density at radius 1 is 0.909 bits per heavy atom. The molecule has 0 aliphatic carbocycles. The summed E-state index contributed by atoms with van der Waals surface area (Å²) in [6.07, 6.45) is 7.19. The van der Waals surface area contributed by atoms with Crippen LogP contribution in [-0.4, -0.2) is 23.3 Å². The number of hydrogen-bond acceptors (Lipinski definition) is 3. The van der Waals surface area contributed by atoms with Crippen LogP contribution in [0.4, 0.5) is 0 Å². The molecular formula is C18H22BrNO2. The summed E-state index contributed by atoms with van der Waals surface area (Å²) in [7, 11) is 0. The highest BCUT2D eigenvalue weighted by atomic mass is 79.9. The fourth-order valence-corrected chi connectivity index (χ4v) is 2.44. The van der Waals surface area contributed by atoms with Crippen LogP contribution in [-0.2, 0) is 0 Å². The van der Waals surface area contributed by atoms with E-state index in [0.717, 1.165) is 60.2 Å². The first-order valence-electron chi connectivity index (χ1n) is 7.75. The monoisotopic (exact) mass is 363 g/mol. The molecule has 0 unspecified atom stereocenters. The lowest BCUT2D eigenvalue weighted by Crippen LogP contribution is -1.97. The molecule has 2 rings (SSSR count). The first-order chi connectivity index (χ1) is 10.8. The summed E-state index contributed by atoms with van der Waals surface area (Å²) >= 11 is 3.39. The average molecular weight is 364 g/mol. The van der Waals surface area contributed by atoms with Crippen molar-refractivity contribution in [1.82, 2.24) is 4.98 Å². The lowest BCUT2D eigenvalue weighted by atomic mass is 10.1. The standard InChI is InChI=1S/C18H22BrNO2/c19-16-8-11-18(20-14-16)15-6-9-17(10-7-15)22-13-5-3-1-2-4-12-21/h6-11,14,21H,1-5,12-13H2. The second-order valence-corrected chi connectivity index (χ2v) is 6.14. The molecule has 1 aromatic heterocycles. The number of halogens is 1. The Morgan fingerprint density at radius 3 is 2.32 bits per heavy atom. The van der Waals surface area contributed by atoms with E-state index in [0.29, 0.717) is 6.61 Å². The normalized spacial score (nSPS) is 10.6. The lowest BCUT2D eigenvalue weighted by molar-refractivity contribution is 0.278. The average Bonchev–Trinajstić information content (AvgIpc) is 2.55. The maximum Gasteiger partial charge on any atom is 0.119 e. The molecule has 3 nitrogen and oxygen atoms in total. The molecule has 4 heteroatoms. The Balaban J connectivity index is 1.74. The van der Waals surface area contributed by atoms with Gasteiger partial charge in [0.15, 0.2) is 0 Å². The largest absolute Gasteiger partial charge is 0.494 e. The maximum atomic E-state index is 8.70. The smallest absolute Gasteiger partial charge is 0.119 e. The minimum atomic E-state index is 0.302. The molecule has 0 bridgehead atoms. The van der Waals surface area contributed by atoms with Crippen LogP contribution in [0.15, 0.2) is 47.1 Å². The fraction of sp³-hybridized carbons (Fsp3) is 0.389. The third-order valence-electron chi connectivity index (χ3n) is 3.45. The van der Waals surface area contributed by atoms with Gasteiger partial charge in [-0.3, -0.25) is 4.98 Å². The number of aromatic nitrogens is 1. The molecule has 0 fully saturated rings. The van der Waals surface area contributed by atoms with E-state index in [2.05, 4.69) is 20.9 Å². The van der Waals surface area contributed by atoms with Gasteiger partial charge in [0.05, 0.1) is 12.3 Å². The van der Waals surface area contributed by atoms with Gasteiger partial charge in [-0.2, -0.15) is 0 Å². The van der Waals surface area contributed by atoms with Crippen molar-refractivity contribution in [1.29, 1.82) is 0 Å². The van der Waals surface area contributed by atoms with E-state index in [1.54, 1.807) is 6.20 Å². The van der Waals surface area contributed by atoms with Gasteiger partial charge in [0.25, 0.3) is 0 Å². The van der Waals surface area contributed by atoms with Crippen molar-refractivity contribution in [2.24, 2.45) is 0 Å². The van der Waals surface area contributed by atoms with Crippen LogP contribution >= 0.6 is 15.9 Å². The topological polar surface area (TPSA) is 42.4 Å².